The summed E-state index contributed by atoms with van der Waals surface area (Å²) in [6.45, 7) is 5.97. The lowest BCUT2D eigenvalue weighted by atomic mass is 10.2. The fraction of sp³-hybridized carbons (Fsp3) is 0.500. The van der Waals surface area contributed by atoms with Gasteiger partial charge < -0.3 is 0 Å². The number of hydrogen-bond acceptors (Lipinski definition) is 0. The van der Waals surface area contributed by atoms with E-state index in [2.05, 4.69) is 62.5 Å². The van der Waals surface area contributed by atoms with Gasteiger partial charge in [-0.1, -0.05) is 62.5 Å². The lowest BCUT2D eigenvalue weighted by Crippen LogP contribution is -1.69. The molecule has 101 valence electrons. The van der Waals surface area contributed by atoms with Gasteiger partial charge in [0.2, 0.25) is 0 Å². The Kier molecular flexibility index (Phi) is 15.0. The van der Waals surface area contributed by atoms with E-state index in [1.807, 2.05) is 0 Å². The van der Waals surface area contributed by atoms with Crippen molar-refractivity contribution in [1.82, 2.24) is 0 Å². The van der Waals surface area contributed by atoms with Gasteiger partial charge in [0.25, 0.3) is 0 Å². The summed E-state index contributed by atoms with van der Waals surface area (Å²) in [5.74, 6) is 0. The highest BCUT2D eigenvalue weighted by atomic mass is 13.9. The number of hydrogen-bond donors (Lipinski definition) is 0. The summed E-state index contributed by atoms with van der Waals surface area (Å²) >= 11 is 0. The maximum atomic E-state index is 3.81. The van der Waals surface area contributed by atoms with E-state index in [1.165, 1.54) is 0 Å². The van der Waals surface area contributed by atoms with Gasteiger partial charge in [-0.3, -0.25) is 0 Å². The Morgan fingerprint density at radius 1 is 0.611 bits per heavy atom. The quantitative estimate of drug-likeness (QED) is 0.301. The van der Waals surface area contributed by atoms with Gasteiger partial charge in [0, 0.05) is 0 Å². The van der Waals surface area contributed by atoms with Gasteiger partial charge in [-0.25, -0.2) is 0 Å². The molecule has 0 aromatic carbocycles. The summed E-state index contributed by atoms with van der Waals surface area (Å²) in [6.07, 6.45) is 27.0. The van der Waals surface area contributed by atoms with Crippen LogP contribution < -0.4 is 0 Å². The van der Waals surface area contributed by atoms with E-state index in [9.17, 15) is 0 Å². The van der Waals surface area contributed by atoms with Crippen LogP contribution in [0.15, 0.2) is 48.6 Å². The Bertz CT molecular complexity index is 253. The van der Waals surface area contributed by atoms with Crippen molar-refractivity contribution in [3.63, 3.8) is 0 Å². The topological polar surface area (TPSA) is 0 Å². The Morgan fingerprint density at radius 2 is 1.06 bits per heavy atom. The molecule has 0 N–H and O–H groups in total. The first-order valence-corrected chi connectivity index (χ1v) is 7.31. The van der Waals surface area contributed by atoms with Crippen LogP contribution in [0.4, 0.5) is 0 Å². The van der Waals surface area contributed by atoms with Crippen LogP contribution in [-0.2, 0) is 0 Å². The minimum Gasteiger partial charge on any atom is -0.0885 e. The van der Waals surface area contributed by atoms with E-state index < -0.39 is 0 Å². The van der Waals surface area contributed by atoms with Crippen LogP contribution in [0.25, 0.3) is 0 Å². The standard InChI is InChI=1S/C18H29/c1-3-5-7-9-11-13-15-17-18-16-14-12-10-8-6-4-2/h6-9,12,14-15,17H,1,3-5,10-11,13,16,18H2,2H3/b8-6-,9-7-,14-12-,17-15-. The van der Waals surface area contributed by atoms with Crippen LogP contribution in [-0.4, -0.2) is 0 Å². The van der Waals surface area contributed by atoms with Crippen molar-refractivity contribution < 1.29 is 0 Å². The molecule has 0 heteroatoms. The van der Waals surface area contributed by atoms with Crippen LogP contribution >= 0.6 is 0 Å². The third kappa shape index (κ3) is 15.0. The van der Waals surface area contributed by atoms with E-state index >= 15 is 0 Å². The molecule has 0 rings (SSSR count). The van der Waals surface area contributed by atoms with Gasteiger partial charge in [0.1, 0.15) is 0 Å². The normalized spacial score (nSPS) is 12.8. The minimum atomic E-state index is 1.01. The Labute approximate surface area is 114 Å². The molecular weight excluding hydrogens is 216 g/mol. The van der Waals surface area contributed by atoms with Crippen LogP contribution in [0.2, 0.25) is 0 Å². The molecule has 0 fully saturated rings. The first-order chi connectivity index (χ1) is 8.91. The summed E-state index contributed by atoms with van der Waals surface area (Å²) in [5.41, 5.74) is 0. The van der Waals surface area contributed by atoms with Gasteiger partial charge in [0.15, 0.2) is 0 Å². The summed E-state index contributed by atoms with van der Waals surface area (Å²) < 4.78 is 0. The summed E-state index contributed by atoms with van der Waals surface area (Å²) in [6, 6.07) is 0. The predicted octanol–water partition coefficient (Wildman–Crippen LogP) is 6.19. The summed E-state index contributed by atoms with van der Waals surface area (Å²) in [5, 5.41) is 0. The zero-order valence-electron chi connectivity index (χ0n) is 12.0. The van der Waals surface area contributed by atoms with Crippen LogP contribution in [0, 0.1) is 6.92 Å². The van der Waals surface area contributed by atoms with E-state index in [0.717, 1.165) is 51.4 Å². The zero-order chi connectivity index (χ0) is 13.3. The smallest absolute Gasteiger partial charge is 0.0169 e. The van der Waals surface area contributed by atoms with Crippen molar-refractivity contribution in [1.29, 1.82) is 0 Å². The van der Waals surface area contributed by atoms with Crippen molar-refractivity contribution in [3.05, 3.63) is 55.5 Å². The second-order valence-electron chi connectivity index (χ2n) is 4.33. The van der Waals surface area contributed by atoms with Gasteiger partial charge in [-0.2, -0.15) is 0 Å². The van der Waals surface area contributed by atoms with E-state index in [1.54, 1.807) is 0 Å². The van der Waals surface area contributed by atoms with E-state index in [0.29, 0.717) is 0 Å². The molecule has 0 aliphatic carbocycles. The molecular formula is C18H29. The summed E-state index contributed by atoms with van der Waals surface area (Å²) in [7, 11) is 0. The van der Waals surface area contributed by atoms with E-state index in [4.69, 9.17) is 0 Å². The molecule has 0 unspecified atom stereocenters. The first-order valence-electron chi connectivity index (χ1n) is 7.31. The van der Waals surface area contributed by atoms with E-state index in [-0.39, 0.29) is 0 Å². The van der Waals surface area contributed by atoms with Gasteiger partial charge >= 0.3 is 0 Å². The molecule has 0 heterocycles. The van der Waals surface area contributed by atoms with Gasteiger partial charge in [-0.15, -0.1) is 0 Å². The van der Waals surface area contributed by atoms with Crippen LogP contribution in [0.1, 0.15) is 58.3 Å². The Morgan fingerprint density at radius 3 is 1.56 bits per heavy atom. The monoisotopic (exact) mass is 245 g/mol. The second kappa shape index (κ2) is 16.0. The molecule has 0 aliphatic heterocycles. The number of allylic oxidation sites excluding steroid dienone is 8. The molecule has 0 nitrogen and oxygen atoms in total. The number of rotatable bonds is 11. The van der Waals surface area contributed by atoms with Gasteiger partial charge in [-0.05, 0) is 51.4 Å². The largest absolute Gasteiger partial charge is 0.0885 e. The predicted molar refractivity (Wildman–Crippen MR) is 84.5 cm³/mol. The van der Waals surface area contributed by atoms with Crippen molar-refractivity contribution in [3.8, 4) is 0 Å². The van der Waals surface area contributed by atoms with Gasteiger partial charge in [0.05, 0.1) is 0 Å². The second-order valence-corrected chi connectivity index (χ2v) is 4.33. The SMILES string of the molecule is [CH2]CC/C=C\CC/C=C\CC/C=C\C/C=C\CC. The third-order valence-electron chi connectivity index (χ3n) is 2.55. The molecule has 0 spiro atoms. The third-order valence-corrected chi connectivity index (χ3v) is 2.55. The summed E-state index contributed by atoms with van der Waals surface area (Å²) in [4.78, 5) is 0. The molecule has 0 saturated carbocycles. The Hall–Kier alpha value is -1.04. The molecule has 1 radical (unpaired) electrons. The minimum absolute atomic E-state index is 1.01. The molecule has 0 aromatic heterocycles. The highest BCUT2D eigenvalue weighted by Gasteiger charge is 1.79. The van der Waals surface area contributed by atoms with Crippen molar-refractivity contribution in [2.45, 2.75) is 58.3 Å². The molecule has 0 bridgehead atoms. The van der Waals surface area contributed by atoms with Crippen LogP contribution in [0.3, 0.4) is 0 Å². The molecule has 18 heavy (non-hydrogen) atoms. The highest BCUT2D eigenvalue weighted by Crippen LogP contribution is 1.99. The van der Waals surface area contributed by atoms with Crippen molar-refractivity contribution in [2.24, 2.45) is 0 Å². The average molecular weight is 245 g/mol. The Balaban J connectivity index is 3.30. The van der Waals surface area contributed by atoms with Crippen molar-refractivity contribution >= 4 is 0 Å². The van der Waals surface area contributed by atoms with Crippen molar-refractivity contribution in [2.75, 3.05) is 0 Å². The average Bonchev–Trinajstić information content (AvgIpc) is 2.39. The fourth-order valence-corrected chi connectivity index (χ4v) is 1.53. The molecule has 0 aliphatic rings. The first kappa shape index (κ1) is 17.0. The number of unbranched alkanes of at least 4 members (excludes halogenated alkanes) is 3. The molecule has 0 atom stereocenters. The lowest BCUT2D eigenvalue weighted by Gasteiger charge is -1.89. The van der Waals surface area contributed by atoms with Crippen LogP contribution in [0.5, 0.6) is 0 Å². The lowest BCUT2D eigenvalue weighted by molar-refractivity contribution is 0.984. The molecule has 0 saturated heterocycles. The molecule has 0 aromatic rings. The highest BCUT2D eigenvalue weighted by molar-refractivity contribution is 4.94. The maximum Gasteiger partial charge on any atom is -0.0169 e. The zero-order valence-corrected chi connectivity index (χ0v) is 12.0. The maximum absolute atomic E-state index is 3.81. The fourth-order valence-electron chi connectivity index (χ4n) is 1.53. The molecule has 0 amide bonds.